The zero-order chi connectivity index (χ0) is 18.4. The molecular weight excluding hydrogens is 316 g/mol. The number of alkyl carbamates (subject to hydrolysis) is 1. The molecular formula is C19H26N4O2. The van der Waals surface area contributed by atoms with Gasteiger partial charge in [0.25, 0.3) is 0 Å². The number of carbonyl (C=O) groups excluding carboxylic acids is 1. The minimum atomic E-state index is -0.561. The lowest BCUT2D eigenvalue weighted by Crippen LogP contribution is -2.44. The van der Waals surface area contributed by atoms with Crippen LogP contribution in [0.5, 0.6) is 0 Å². The first-order chi connectivity index (χ1) is 11.8. The molecule has 6 nitrogen and oxygen atoms in total. The number of carbonyl (C=O) groups is 1. The average molecular weight is 342 g/mol. The average Bonchev–Trinajstić information content (AvgIpc) is 2.53. The molecule has 4 N–H and O–H groups in total. The highest BCUT2D eigenvalue weighted by atomic mass is 16.6. The molecule has 0 saturated heterocycles. The maximum atomic E-state index is 12.1. The number of nitrogens with zero attached hydrogens (tertiary/aromatic N) is 1. The van der Waals surface area contributed by atoms with Crippen LogP contribution in [-0.4, -0.2) is 30.0 Å². The molecule has 2 rings (SSSR count). The van der Waals surface area contributed by atoms with Gasteiger partial charge in [0.15, 0.2) is 0 Å². The molecule has 0 aliphatic carbocycles. The molecule has 134 valence electrons. The minimum absolute atomic E-state index is 0.333. The summed E-state index contributed by atoms with van der Waals surface area (Å²) in [6.45, 7) is 9.81. The summed E-state index contributed by atoms with van der Waals surface area (Å²) in [6.07, 6.45) is 3.74. The summed E-state index contributed by atoms with van der Waals surface area (Å²) in [6, 6.07) is 7.34. The van der Waals surface area contributed by atoms with E-state index in [4.69, 9.17) is 10.5 Å². The number of anilines is 1. The van der Waals surface area contributed by atoms with E-state index in [1.807, 2.05) is 51.1 Å². The maximum Gasteiger partial charge on any atom is 0.408 e. The molecule has 6 heteroatoms. The zero-order valence-corrected chi connectivity index (χ0v) is 15.0. The Labute approximate surface area is 148 Å². The van der Waals surface area contributed by atoms with Crippen LogP contribution in [0.1, 0.15) is 32.8 Å². The van der Waals surface area contributed by atoms with Gasteiger partial charge in [0.2, 0.25) is 0 Å². The first-order valence-corrected chi connectivity index (χ1v) is 8.26. The molecule has 0 spiro atoms. The summed E-state index contributed by atoms with van der Waals surface area (Å²) in [5.41, 5.74) is 11.9. The number of hydrazone groups is 1. The van der Waals surface area contributed by atoms with Gasteiger partial charge in [-0.15, -0.1) is 6.58 Å². The number of nitrogens with two attached hydrogens (primary N) is 1. The lowest BCUT2D eigenvalue weighted by molar-refractivity contribution is 0.0518. The molecule has 1 aliphatic heterocycles. The van der Waals surface area contributed by atoms with Crippen molar-refractivity contribution in [2.45, 2.75) is 38.8 Å². The van der Waals surface area contributed by atoms with Crippen LogP contribution in [0, 0.1) is 0 Å². The summed E-state index contributed by atoms with van der Waals surface area (Å²) >= 11 is 0. The van der Waals surface area contributed by atoms with Crippen LogP contribution in [0.4, 0.5) is 10.5 Å². The van der Waals surface area contributed by atoms with E-state index in [0.717, 1.165) is 11.1 Å². The summed E-state index contributed by atoms with van der Waals surface area (Å²) in [5, 5.41) is 7.19. The summed E-state index contributed by atoms with van der Waals surface area (Å²) in [7, 11) is 0. The molecule has 1 amide bonds. The van der Waals surface area contributed by atoms with Gasteiger partial charge in [-0.05, 0) is 44.9 Å². The second-order valence-corrected chi connectivity index (χ2v) is 6.85. The fourth-order valence-electron chi connectivity index (χ4n) is 2.49. The number of hydrogen-bond acceptors (Lipinski definition) is 5. The Morgan fingerprint density at radius 3 is 2.84 bits per heavy atom. The van der Waals surface area contributed by atoms with Crippen LogP contribution in [0.15, 0.2) is 48.1 Å². The molecule has 0 bridgehead atoms. The standard InChI is InChI=1S/C19H26N4O2/c1-5-8-16(22-18(24)25-19(2,3)4)17-11-13(12-21-23-17)14-9-6-7-10-15(14)20/h5-7,9-11,16,21H,1,8,12,20H2,2-4H3,(H,22,24). The predicted octanol–water partition coefficient (Wildman–Crippen LogP) is 3.08. The number of benzene rings is 1. The number of ether oxygens (including phenoxy) is 1. The Balaban J connectivity index is 2.20. The third-order valence-corrected chi connectivity index (χ3v) is 3.56. The first kappa shape index (κ1) is 18.6. The summed E-state index contributed by atoms with van der Waals surface area (Å²) in [5.74, 6) is 0. The predicted molar refractivity (Wildman–Crippen MR) is 102 cm³/mol. The molecule has 1 heterocycles. The third-order valence-electron chi connectivity index (χ3n) is 3.56. The van der Waals surface area contributed by atoms with Gasteiger partial charge >= 0.3 is 6.09 Å². The SMILES string of the molecule is C=CCC(NC(=O)OC(C)(C)C)C1=NNCC(c2ccccc2N)=C1. The molecule has 0 fully saturated rings. The fourth-order valence-corrected chi connectivity index (χ4v) is 2.49. The Morgan fingerprint density at radius 2 is 2.20 bits per heavy atom. The van der Waals surface area contributed by atoms with E-state index in [0.29, 0.717) is 24.4 Å². The van der Waals surface area contributed by atoms with E-state index in [-0.39, 0.29) is 6.04 Å². The molecule has 1 atom stereocenters. The van der Waals surface area contributed by atoms with Crippen LogP contribution < -0.4 is 16.5 Å². The number of rotatable bonds is 5. The van der Waals surface area contributed by atoms with Gasteiger partial charge in [0, 0.05) is 11.3 Å². The summed E-state index contributed by atoms with van der Waals surface area (Å²) in [4.78, 5) is 12.1. The molecule has 1 aromatic carbocycles. The summed E-state index contributed by atoms with van der Waals surface area (Å²) < 4.78 is 5.34. The molecule has 1 aromatic rings. The molecule has 0 aromatic heterocycles. The Morgan fingerprint density at radius 1 is 1.48 bits per heavy atom. The van der Waals surface area contributed by atoms with E-state index in [2.05, 4.69) is 22.4 Å². The quantitative estimate of drug-likeness (QED) is 0.567. The molecule has 0 radical (unpaired) electrons. The number of nitrogen functional groups attached to an aromatic ring is 1. The van der Waals surface area contributed by atoms with E-state index < -0.39 is 11.7 Å². The van der Waals surface area contributed by atoms with Crippen LogP contribution in [0.2, 0.25) is 0 Å². The lowest BCUT2D eigenvalue weighted by atomic mass is 9.98. The van der Waals surface area contributed by atoms with Gasteiger partial charge in [0.1, 0.15) is 5.60 Å². The molecule has 1 unspecified atom stereocenters. The largest absolute Gasteiger partial charge is 0.444 e. The van der Waals surface area contributed by atoms with Crippen molar-refractivity contribution in [3.8, 4) is 0 Å². The molecule has 25 heavy (non-hydrogen) atoms. The molecule has 1 aliphatic rings. The van der Waals surface area contributed by atoms with Crippen molar-refractivity contribution >= 4 is 23.1 Å². The topological polar surface area (TPSA) is 88.7 Å². The number of nitrogens with one attached hydrogen (secondary N) is 2. The van der Waals surface area contributed by atoms with Crippen molar-refractivity contribution in [3.05, 3.63) is 48.6 Å². The number of hydrogen-bond donors (Lipinski definition) is 3. The van der Waals surface area contributed by atoms with Crippen molar-refractivity contribution in [3.63, 3.8) is 0 Å². The van der Waals surface area contributed by atoms with Crippen molar-refractivity contribution < 1.29 is 9.53 Å². The minimum Gasteiger partial charge on any atom is -0.444 e. The highest BCUT2D eigenvalue weighted by Gasteiger charge is 2.23. The molecule has 0 saturated carbocycles. The van der Waals surface area contributed by atoms with Crippen LogP contribution in [0.3, 0.4) is 0 Å². The van der Waals surface area contributed by atoms with E-state index in [1.54, 1.807) is 6.08 Å². The number of para-hydroxylation sites is 1. The zero-order valence-electron chi connectivity index (χ0n) is 15.0. The van der Waals surface area contributed by atoms with Crippen molar-refractivity contribution in [1.29, 1.82) is 0 Å². The second kappa shape index (κ2) is 7.88. The van der Waals surface area contributed by atoms with Gasteiger partial charge in [-0.1, -0.05) is 24.3 Å². The van der Waals surface area contributed by atoms with Gasteiger partial charge in [-0.25, -0.2) is 4.79 Å². The van der Waals surface area contributed by atoms with Gasteiger partial charge in [0.05, 0.1) is 18.3 Å². The highest BCUT2D eigenvalue weighted by Crippen LogP contribution is 2.23. The van der Waals surface area contributed by atoms with Crippen molar-refractivity contribution in [2.24, 2.45) is 5.10 Å². The van der Waals surface area contributed by atoms with Crippen LogP contribution >= 0.6 is 0 Å². The fraction of sp³-hybridized carbons (Fsp3) is 0.368. The monoisotopic (exact) mass is 342 g/mol. The van der Waals surface area contributed by atoms with E-state index in [1.165, 1.54) is 0 Å². The van der Waals surface area contributed by atoms with Gasteiger partial charge in [-0.2, -0.15) is 5.10 Å². The smallest absolute Gasteiger partial charge is 0.408 e. The lowest BCUT2D eigenvalue weighted by Gasteiger charge is -2.25. The Bertz CT molecular complexity index is 702. The normalized spacial score (nSPS) is 15.3. The second-order valence-electron chi connectivity index (χ2n) is 6.85. The number of amides is 1. The van der Waals surface area contributed by atoms with Crippen molar-refractivity contribution in [2.75, 3.05) is 12.3 Å². The Kier molecular flexibility index (Phi) is 5.85. The first-order valence-electron chi connectivity index (χ1n) is 8.26. The highest BCUT2D eigenvalue weighted by molar-refractivity contribution is 6.07. The van der Waals surface area contributed by atoms with Gasteiger partial charge in [-0.3, -0.25) is 0 Å². The van der Waals surface area contributed by atoms with E-state index >= 15 is 0 Å². The maximum absolute atomic E-state index is 12.1. The van der Waals surface area contributed by atoms with Crippen LogP contribution in [0.25, 0.3) is 5.57 Å². The van der Waals surface area contributed by atoms with E-state index in [9.17, 15) is 4.79 Å². The third kappa shape index (κ3) is 5.38. The van der Waals surface area contributed by atoms with Crippen LogP contribution in [-0.2, 0) is 4.74 Å². The Hall–Kier alpha value is -2.76. The van der Waals surface area contributed by atoms with Gasteiger partial charge < -0.3 is 21.2 Å². The van der Waals surface area contributed by atoms with Crippen molar-refractivity contribution in [1.82, 2.24) is 10.7 Å².